The molecule has 0 aromatic carbocycles. The Morgan fingerprint density at radius 1 is 1.31 bits per heavy atom. The number of thiophene rings is 1. The van der Waals surface area contributed by atoms with Crippen molar-refractivity contribution < 1.29 is 14.3 Å². The molecular weight excluding hydrogens is 346 g/mol. The van der Waals surface area contributed by atoms with E-state index in [2.05, 4.69) is 11.8 Å². The first-order valence-electron chi connectivity index (χ1n) is 9.32. The number of ether oxygens (including phenoxy) is 1. The fourth-order valence-electron chi connectivity index (χ4n) is 3.59. The molecule has 5 heteroatoms. The third-order valence-corrected chi connectivity index (χ3v) is 6.07. The van der Waals surface area contributed by atoms with Gasteiger partial charge in [-0.3, -0.25) is 9.69 Å². The molecule has 1 amide bonds. The molecule has 1 aliphatic heterocycles. The monoisotopic (exact) mass is 373 g/mol. The Kier molecular flexibility index (Phi) is 4.92. The highest BCUT2D eigenvalue weighted by atomic mass is 32.1. The number of carbonyl (C=O) groups excluding carboxylic acids is 2. The summed E-state index contributed by atoms with van der Waals surface area (Å²) in [6, 6.07) is 1.87. The molecule has 1 atom stereocenters. The number of amides is 1. The summed E-state index contributed by atoms with van der Waals surface area (Å²) >= 11 is 1.31. The lowest BCUT2D eigenvalue weighted by molar-refractivity contribution is -0.131. The number of esters is 1. The summed E-state index contributed by atoms with van der Waals surface area (Å²) in [6.07, 6.45) is 4.52. The van der Waals surface area contributed by atoms with Crippen LogP contribution >= 0.6 is 11.3 Å². The van der Waals surface area contributed by atoms with Gasteiger partial charge in [0.2, 0.25) is 5.91 Å². The van der Waals surface area contributed by atoms with E-state index in [4.69, 9.17) is 4.74 Å². The average molecular weight is 374 g/mol. The molecule has 1 unspecified atom stereocenters. The van der Waals surface area contributed by atoms with Gasteiger partial charge in [0.1, 0.15) is 4.88 Å². The number of fused-ring (bicyclic) bond motifs is 1. The Bertz CT molecular complexity index is 784. The second kappa shape index (κ2) is 6.74. The zero-order valence-electron chi connectivity index (χ0n) is 16.3. The smallest absolute Gasteiger partial charge is 0.352 e. The first-order valence-corrected chi connectivity index (χ1v) is 10.1. The molecule has 140 valence electrons. The highest BCUT2D eigenvalue weighted by molar-refractivity contribution is 7.15. The van der Waals surface area contributed by atoms with E-state index in [-0.39, 0.29) is 22.7 Å². The summed E-state index contributed by atoms with van der Waals surface area (Å²) in [7, 11) is 0. The number of hydrogen-bond donors (Lipinski definition) is 0. The third kappa shape index (κ3) is 3.66. The molecule has 1 aromatic heterocycles. The van der Waals surface area contributed by atoms with E-state index in [0.29, 0.717) is 10.6 Å². The van der Waals surface area contributed by atoms with Gasteiger partial charge < -0.3 is 4.74 Å². The molecular formula is C21H27NO3S. The highest BCUT2D eigenvalue weighted by Gasteiger charge is 2.44. The maximum Gasteiger partial charge on any atom is 0.352 e. The van der Waals surface area contributed by atoms with Gasteiger partial charge in [-0.15, -0.1) is 11.3 Å². The summed E-state index contributed by atoms with van der Waals surface area (Å²) in [5.41, 5.74) is 0.157. The van der Waals surface area contributed by atoms with Crippen molar-refractivity contribution in [1.29, 1.82) is 0 Å². The van der Waals surface area contributed by atoms with Crippen LogP contribution in [-0.4, -0.2) is 18.1 Å². The van der Waals surface area contributed by atoms with E-state index < -0.39 is 6.23 Å². The minimum Gasteiger partial charge on any atom is -0.437 e. The molecule has 4 nitrogen and oxygen atoms in total. The molecule has 3 rings (SSSR count). The summed E-state index contributed by atoms with van der Waals surface area (Å²) in [4.78, 5) is 28.7. The third-order valence-electron chi connectivity index (χ3n) is 5.05. The van der Waals surface area contributed by atoms with Crippen LogP contribution in [0.3, 0.4) is 0 Å². The minimum atomic E-state index is -0.584. The van der Waals surface area contributed by atoms with Crippen LogP contribution < -0.4 is 4.90 Å². The van der Waals surface area contributed by atoms with Gasteiger partial charge in [-0.05, 0) is 46.6 Å². The standard InChI is InChI=1S/C21H27NO3S/c1-14-22(19(24)21(5)10-7-6-8-11-21)16-13-15(9-12-20(2,3)4)26-17(16)18(23)25-14/h13-14H,6-8,10-11H2,1-5H3. The van der Waals surface area contributed by atoms with E-state index in [1.165, 1.54) is 17.8 Å². The van der Waals surface area contributed by atoms with Crippen molar-refractivity contribution in [3.63, 3.8) is 0 Å². The number of rotatable bonds is 1. The topological polar surface area (TPSA) is 46.6 Å². The zero-order valence-corrected chi connectivity index (χ0v) is 17.1. The lowest BCUT2D eigenvalue weighted by Crippen LogP contribution is -2.51. The zero-order chi connectivity index (χ0) is 19.1. The molecule has 1 aromatic rings. The predicted octanol–water partition coefficient (Wildman–Crippen LogP) is 4.97. The average Bonchev–Trinajstić information content (AvgIpc) is 2.97. The van der Waals surface area contributed by atoms with E-state index >= 15 is 0 Å². The van der Waals surface area contributed by atoms with Crippen LogP contribution in [0.25, 0.3) is 0 Å². The van der Waals surface area contributed by atoms with Crippen molar-refractivity contribution in [2.24, 2.45) is 10.8 Å². The highest BCUT2D eigenvalue weighted by Crippen LogP contribution is 2.43. The second-order valence-corrected chi connectivity index (χ2v) is 9.68. The fraction of sp³-hybridized carbons (Fsp3) is 0.619. The van der Waals surface area contributed by atoms with Crippen LogP contribution in [0.4, 0.5) is 5.69 Å². The molecule has 0 N–H and O–H groups in total. The Hall–Kier alpha value is -1.80. The summed E-state index contributed by atoms with van der Waals surface area (Å²) in [5, 5.41) is 0. The van der Waals surface area contributed by atoms with Gasteiger partial charge >= 0.3 is 5.97 Å². The van der Waals surface area contributed by atoms with E-state index in [1.54, 1.807) is 11.8 Å². The van der Waals surface area contributed by atoms with E-state index in [0.717, 1.165) is 30.6 Å². The molecule has 2 heterocycles. The SMILES string of the molecule is CC1OC(=O)c2sc(C#CC(C)(C)C)cc2N1C(=O)C1(C)CCCCC1. The first kappa shape index (κ1) is 19.0. The fourth-order valence-corrected chi connectivity index (χ4v) is 4.47. The largest absolute Gasteiger partial charge is 0.437 e. The van der Waals surface area contributed by atoms with Gasteiger partial charge in [0.05, 0.1) is 10.6 Å². The van der Waals surface area contributed by atoms with Crippen LogP contribution in [0.2, 0.25) is 0 Å². The van der Waals surface area contributed by atoms with Gasteiger partial charge in [-0.25, -0.2) is 4.79 Å². The molecule has 1 aliphatic carbocycles. The lowest BCUT2D eigenvalue weighted by atomic mass is 9.74. The predicted molar refractivity (Wildman–Crippen MR) is 104 cm³/mol. The molecule has 0 spiro atoms. The van der Waals surface area contributed by atoms with Crippen molar-refractivity contribution >= 4 is 28.9 Å². The van der Waals surface area contributed by atoms with E-state index in [9.17, 15) is 9.59 Å². The van der Waals surface area contributed by atoms with Gasteiger partial charge in [0.25, 0.3) is 0 Å². The first-order chi connectivity index (χ1) is 12.1. The van der Waals surface area contributed by atoms with Gasteiger partial charge in [-0.1, -0.05) is 38.0 Å². The molecule has 1 fully saturated rings. The van der Waals surface area contributed by atoms with Gasteiger partial charge in [0.15, 0.2) is 6.23 Å². The Balaban J connectivity index is 1.99. The van der Waals surface area contributed by atoms with Crippen molar-refractivity contribution in [2.45, 2.75) is 73.0 Å². The van der Waals surface area contributed by atoms with Crippen LogP contribution in [0, 0.1) is 22.7 Å². The number of hydrogen-bond acceptors (Lipinski definition) is 4. The Morgan fingerprint density at radius 2 is 1.96 bits per heavy atom. The van der Waals surface area contributed by atoms with Crippen molar-refractivity contribution in [3.05, 3.63) is 15.8 Å². The van der Waals surface area contributed by atoms with Crippen LogP contribution in [0.15, 0.2) is 6.07 Å². The maximum atomic E-state index is 13.4. The maximum absolute atomic E-state index is 13.4. The molecule has 0 radical (unpaired) electrons. The summed E-state index contributed by atoms with van der Waals surface area (Å²) in [5.74, 6) is 6.04. The minimum absolute atomic E-state index is 0.0616. The number of anilines is 1. The number of carbonyl (C=O) groups is 2. The Labute approximate surface area is 159 Å². The van der Waals surface area contributed by atoms with Crippen molar-refractivity contribution in [2.75, 3.05) is 4.90 Å². The van der Waals surface area contributed by atoms with Crippen molar-refractivity contribution in [1.82, 2.24) is 0 Å². The molecule has 0 saturated heterocycles. The number of nitrogens with zero attached hydrogens (tertiary/aromatic N) is 1. The van der Waals surface area contributed by atoms with Gasteiger partial charge in [-0.2, -0.15) is 0 Å². The van der Waals surface area contributed by atoms with Crippen molar-refractivity contribution in [3.8, 4) is 11.8 Å². The quantitative estimate of drug-likeness (QED) is 0.516. The molecule has 2 aliphatic rings. The van der Waals surface area contributed by atoms with E-state index in [1.807, 2.05) is 33.8 Å². The van der Waals surface area contributed by atoms with Crippen LogP contribution in [-0.2, 0) is 9.53 Å². The van der Waals surface area contributed by atoms with Crippen LogP contribution in [0.1, 0.15) is 81.3 Å². The summed E-state index contributed by atoms with van der Waals surface area (Å²) < 4.78 is 5.47. The lowest BCUT2D eigenvalue weighted by Gasteiger charge is -2.40. The van der Waals surface area contributed by atoms with Crippen LogP contribution in [0.5, 0.6) is 0 Å². The molecule has 0 bridgehead atoms. The van der Waals surface area contributed by atoms with Gasteiger partial charge in [0, 0.05) is 10.8 Å². The summed E-state index contributed by atoms with van der Waals surface area (Å²) in [6.45, 7) is 9.95. The number of cyclic esters (lactones) is 1. The normalized spacial score (nSPS) is 22.1. The molecule has 26 heavy (non-hydrogen) atoms. The Morgan fingerprint density at radius 3 is 2.58 bits per heavy atom. The molecule has 1 saturated carbocycles. The second-order valence-electron chi connectivity index (χ2n) is 8.63.